The highest BCUT2D eigenvalue weighted by Gasteiger charge is 2.40. The number of carboxylic acid groups (broad SMARTS) is 1. The van der Waals surface area contributed by atoms with Crippen LogP contribution in [0.25, 0.3) is 6.08 Å². The first-order valence-electron chi connectivity index (χ1n) is 10.7. The summed E-state index contributed by atoms with van der Waals surface area (Å²) in [7, 11) is 0. The van der Waals surface area contributed by atoms with Crippen molar-refractivity contribution in [1.29, 1.82) is 0 Å². The van der Waals surface area contributed by atoms with Crippen molar-refractivity contribution in [2.24, 2.45) is 11.8 Å². The fourth-order valence-electron chi connectivity index (χ4n) is 4.31. The van der Waals surface area contributed by atoms with Gasteiger partial charge in [-0.25, -0.2) is 8.78 Å². The van der Waals surface area contributed by atoms with E-state index < -0.39 is 35.9 Å². The highest BCUT2D eigenvalue weighted by Crippen LogP contribution is 2.39. The van der Waals surface area contributed by atoms with E-state index in [2.05, 4.69) is 0 Å². The monoisotopic (exact) mass is 426 g/mol. The minimum Gasteiger partial charge on any atom is -0.481 e. The van der Waals surface area contributed by atoms with E-state index in [-0.39, 0.29) is 23.8 Å². The fraction of sp³-hybridized carbons (Fsp3) is 0.609. The van der Waals surface area contributed by atoms with Crippen molar-refractivity contribution in [2.75, 3.05) is 0 Å². The van der Waals surface area contributed by atoms with Gasteiger partial charge in [0, 0.05) is 12.0 Å². The van der Waals surface area contributed by atoms with Gasteiger partial charge in [0.15, 0.2) is 0 Å². The average Bonchev–Trinajstić information content (AvgIpc) is 2.95. The van der Waals surface area contributed by atoms with Crippen LogP contribution < -0.4 is 0 Å². The zero-order valence-corrected chi connectivity index (χ0v) is 17.1. The van der Waals surface area contributed by atoms with E-state index in [1.807, 2.05) is 0 Å². The summed E-state index contributed by atoms with van der Waals surface area (Å²) in [6.07, 6.45) is 5.95. The lowest BCUT2D eigenvalue weighted by Crippen LogP contribution is -2.23. The molecule has 0 aromatic heterocycles. The molecule has 1 aromatic carbocycles. The SMILES string of the molecule is O=C(O)CCCCCC[C@@H]1C(CCC(O)/C=C/c2cc(F)ccc2F)[C@H](O)C[C@@H]1O. The van der Waals surface area contributed by atoms with Crippen LogP contribution in [0.5, 0.6) is 0 Å². The molecule has 1 aliphatic carbocycles. The van der Waals surface area contributed by atoms with Crippen LogP contribution in [0.15, 0.2) is 24.3 Å². The third kappa shape index (κ3) is 7.78. The Kier molecular flexibility index (Phi) is 9.88. The molecule has 30 heavy (non-hydrogen) atoms. The standard InChI is InChI=1S/C23H32F2O5/c24-16-8-12-20(25)15(13-16)7-9-17(26)10-11-19-18(21(27)14-22(19)28)5-3-1-2-4-6-23(29)30/h7-9,12-13,17-19,21-22,26-28H,1-6,10-11,14H2,(H,29,30)/b9-7+/t17?,18-,19?,21+,22-/m1/s1. The Balaban J connectivity index is 1.80. The molecule has 4 N–H and O–H groups in total. The fourth-order valence-corrected chi connectivity index (χ4v) is 4.31. The van der Waals surface area contributed by atoms with Gasteiger partial charge in [0.25, 0.3) is 0 Å². The topological polar surface area (TPSA) is 98.0 Å². The first kappa shape index (κ1) is 24.4. The summed E-state index contributed by atoms with van der Waals surface area (Å²) in [4.78, 5) is 10.5. The van der Waals surface area contributed by atoms with Crippen LogP contribution in [0.2, 0.25) is 0 Å². The maximum atomic E-state index is 13.6. The molecule has 0 aliphatic heterocycles. The Morgan fingerprint density at radius 2 is 1.73 bits per heavy atom. The lowest BCUT2D eigenvalue weighted by atomic mass is 9.85. The predicted molar refractivity (Wildman–Crippen MR) is 110 cm³/mol. The number of hydrogen-bond acceptors (Lipinski definition) is 4. The first-order chi connectivity index (χ1) is 14.3. The summed E-state index contributed by atoms with van der Waals surface area (Å²) in [5.41, 5.74) is 0.0612. The number of benzene rings is 1. The third-order valence-corrected chi connectivity index (χ3v) is 5.95. The largest absolute Gasteiger partial charge is 0.481 e. The van der Waals surface area contributed by atoms with Crippen LogP contribution in [-0.4, -0.2) is 44.7 Å². The molecular weight excluding hydrogens is 394 g/mol. The first-order valence-corrected chi connectivity index (χ1v) is 10.7. The molecule has 0 radical (unpaired) electrons. The summed E-state index contributed by atoms with van der Waals surface area (Å²) < 4.78 is 26.9. The molecule has 0 spiro atoms. The summed E-state index contributed by atoms with van der Waals surface area (Å²) in [6.45, 7) is 0. The number of aliphatic carboxylic acids is 1. The Morgan fingerprint density at radius 3 is 2.43 bits per heavy atom. The number of hydrogen-bond donors (Lipinski definition) is 4. The van der Waals surface area contributed by atoms with Gasteiger partial charge in [0.1, 0.15) is 11.6 Å². The quantitative estimate of drug-likeness (QED) is 0.380. The van der Waals surface area contributed by atoms with Crippen LogP contribution >= 0.6 is 0 Å². The van der Waals surface area contributed by atoms with Gasteiger partial charge in [0.05, 0.1) is 18.3 Å². The van der Waals surface area contributed by atoms with E-state index in [0.29, 0.717) is 25.7 Å². The number of halogens is 2. The van der Waals surface area contributed by atoms with Gasteiger partial charge in [-0.05, 0) is 62.1 Å². The Hall–Kier alpha value is -1.83. The number of carbonyl (C=O) groups is 1. The van der Waals surface area contributed by atoms with Gasteiger partial charge in [-0.15, -0.1) is 0 Å². The van der Waals surface area contributed by atoms with E-state index in [1.165, 1.54) is 12.2 Å². The molecule has 168 valence electrons. The van der Waals surface area contributed by atoms with Crippen LogP contribution in [0.3, 0.4) is 0 Å². The van der Waals surface area contributed by atoms with Gasteiger partial charge >= 0.3 is 5.97 Å². The Morgan fingerprint density at radius 1 is 1.07 bits per heavy atom. The maximum Gasteiger partial charge on any atom is 0.303 e. The molecule has 5 nitrogen and oxygen atoms in total. The molecule has 0 heterocycles. The number of unbranched alkanes of at least 4 members (excludes halogenated alkanes) is 3. The molecule has 0 bridgehead atoms. The molecule has 2 rings (SSSR count). The van der Waals surface area contributed by atoms with Gasteiger partial charge in [-0.1, -0.05) is 31.4 Å². The van der Waals surface area contributed by atoms with E-state index in [9.17, 15) is 28.9 Å². The van der Waals surface area contributed by atoms with Crippen LogP contribution in [0, 0.1) is 23.5 Å². The third-order valence-electron chi connectivity index (χ3n) is 5.95. The predicted octanol–water partition coefficient (Wildman–Crippen LogP) is 3.90. The summed E-state index contributed by atoms with van der Waals surface area (Å²) in [5, 5.41) is 39.4. The van der Waals surface area contributed by atoms with Crippen LogP contribution in [0.1, 0.15) is 63.4 Å². The summed E-state index contributed by atoms with van der Waals surface area (Å²) >= 11 is 0. The molecule has 7 heteroatoms. The molecule has 0 amide bonds. The number of aliphatic hydroxyl groups excluding tert-OH is 3. The van der Waals surface area contributed by atoms with Crippen molar-refractivity contribution in [3.63, 3.8) is 0 Å². The molecule has 0 saturated heterocycles. The lowest BCUT2D eigenvalue weighted by Gasteiger charge is -2.24. The highest BCUT2D eigenvalue weighted by molar-refractivity contribution is 5.66. The molecule has 5 atom stereocenters. The van der Waals surface area contributed by atoms with E-state index in [0.717, 1.165) is 43.9 Å². The minimum atomic E-state index is -0.866. The van der Waals surface area contributed by atoms with Crippen molar-refractivity contribution in [1.82, 2.24) is 0 Å². The smallest absolute Gasteiger partial charge is 0.303 e. The summed E-state index contributed by atoms with van der Waals surface area (Å²) in [5.74, 6) is -2.11. The highest BCUT2D eigenvalue weighted by atomic mass is 19.1. The van der Waals surface area contributed by atoms with Crippen molar-refractivity contribution >= 4 is 12.0 Å². The minimum absolute atomic E-state index is 0.0590. The van der Waals surface area contributed by atoms with Gasteiger partial charge in [-0.2, -0.15) is 0 Å². The van der Waals surface area contributed by atoms with Crippen molar-refractivity contribution in [3.05, 3.63) is 41.5 Å². The second kappa shape index (κ2) is 12.1. The normalized spacial score (nSPS) is 25.1. The van der Waals surface area contributed by atoms with E-state index in [1.54, 1.807) is 0 Å². The van der Waals surface area contributed by atoms with Gasteiger partial charge in [0.2, 0.25) is 0 Å². The Labute approximate surface area is 176 Å². The number of rotatable bonds is 12. The van der Waals surface area contributed by atoms with Crippen molar-refractivity contribution < 1.29 is 34.0 Å². The van der Waals surface area contributed by atoms with Gasteiger partial charge in [-0.3, -0.25) is 4.79 Å². The molecule has 1 aliphatic rings. The summed E-state index contributed by atoms with van der Waals surface area (Å²) in [6, 6.07) is 3.12. The van der Waals surface area contributed by atoms with Crippen LogP contribution in [-0.2, 0) is 4.79 Å². The number of carboxylic acids is 1. The van der Waals surface area contributed by atoms with E-state index in [4.69, 9.17) is 5.11 Å². The number of aliphatic hydroxyl groups is 3. The lowest BCUT2D eigenvalue weighted by molar-refractivity contribution is -0.137. The van der Waals surface area contributed by atoms with E-state index >= 15 is 0 Å². The second-order valence-electron chi connectivity index (χ2n) is 8.21. The molecule has 2 unspecified atom stereocenters. The second-order valence-corrected chi connectivity index (χ2v) is 8.21. The zero-order chi connectivity index (χ0) is 22.1. The molecular formula is C23H32F2O5. The van der Waals surface area contributed by atoms with Crippen molar-refractivity contribution in [3.8, 4) is 0 Å². The van der Waals surface area contributed by atoms with Crippen molar-refractivity contribution in [2.45, 2.75) is 76.1 Å². The maximum absolute atomic E-state index is 13.6. The molecule has 1 fully saturated rings. The van der Waals surface area contributed by atoms with Gasteiger partial charge < -0.3 is 20.4 Å². The molecule has 1 aromatic rings. The average molecular weight is 427 g/mol. The van der Waals surface area contributed by atoms with Crippen LogP contribution in [0.4, 0.5) is 8.78 Å². The molecule has 1 saturated carbocycles. The Bertz CT molecular complexity index is 709. The zero-order valence-electron chi connectivity index (χ0n) is 17.1.